The first kappa shape index (κ1) is 16.0. The molecule has 2 unspecified atom stereocenters. The van der Waals surface area contributed by atoms with Crippen molar-refractivity contribution in [3.63, 3.8) is 0 Å². The monoisotopic (exact) mass is 335 g/mol. The molecule has 0 aliphatic carbocycles. The highest BCUT2D eigenvalue weighted by atomic mass is 32.1. The molecule has 6 nitrogen and oxygen atoms in total. The van der Waals surface area contributed by atoms with Crippen LogP contribution in [0.1, 0.15) is 43.7 Å². The van der Waals surface area contributed by atoms with Crippen LogP contribution in [0.2, 0.25) is 0 Å². The molecule has 2 N–H and O–H groups in total. The molecule has 3 rings (SSSR count). The topological polar surface area (TPSA) is 78.6 Å². The van der Waals surface area contributed by atoms with Crippen LogP contribution in [-0.4, -0.2) is 33.6 Å². The molecular formula is C16H21N3O3S. The summed E-state index contributed by atoms with van der Waals surface area (Å²) in [6, 6.07) is 3.38. The smallest absolute Gasteiger partial charge is 0.323 e. The van der Waals surface area contributed by atoms with Gasteiger partial charge in [-0.25, -0.2) is 9.78 Å². The van der Waals surface area contributed by atoms with Crippen LogP contribution in [0, 0.1) is 0 Å². The summed E-state index contributed by atoms with van der Waals surface area (Å²) in [5.41, 5.74) is 0.983. The van der Waals surface area contributed by atoms with Gasteiger partial charge >= 0.3 is 6.03 Å². The van der Waals surface area contributed by atoms with E-state index >= 15 is 0 Å². The molecule has 7 heteroatoms. The van der Waals surface area contributed by atoms with Gasteiger partial charge in [0.2, 0.25) is 0 Å². The van der Waals surface area contributed by atoms with Gasteiger partial charge in [-0.2, -0.15) is 0 Å². The minimum absolute atomic E-state index is 0.0145. The van der Waals surface area contributed by atoms with Crippen molar-refractivity contribution in [1.82, 2.24) is 9.88 Å². The highest BCUT2D eigenvalue weighted by Crippen LogP contribution is 2.28. The highest BCUT2D eigenvalue weighted by Gasteiger charge is 2.31. The number of thiazole rings is 1. The molecule has 0 saturated carbocycles. The number of hydrogen-bond donors (Lipinski definition) is 2. The van der Waals surface area contributed by atoms with E-state index < -0.39 is 6.10 Å². The zero-order valence-corrected chi connectivity index (χ0v) is 13.9. The average molecular weight is 335 g/mol. The molecular weight excluding hydrogens is 314 g/mol. The number of aryl methyl sites for hydroxylation is 1. The Hall–Kier alpha value is -1.86. The number of rotatable bonds is 5. The summed E-state index contributed by atoms with van der Waals surface area (Å²) in [6.07, 6.45) is 4.04. The van der Waals surface area contributed by atoms with Crippen molar-refractivity contribution in [2.45, 2.75) is 44.8 Å². The maximum absolute atomic E-state index is 12.5. The number of aromatic nitrogens is 1. The second kappa shape index (κ2) is 7.14. The number of carbonyl (C=O) groups is 1. The predicted octanol–water partition coefficient (Wildman–Crippen LogP) is 3.42. The zero-order chi connectivity index (χ0) is 16.2. The lowest BCUT2D eigenvalue weighted by atomic mass is 10.1. The van der Waals surface area contributed by atoms with Gasteiger partial charge in [-0.1, -0.05) is 6.92 Å². The molecule has 3 heterocycles. The molecule has 124 valence electrons. The fourth-order valence-electron chi connectivity index (χ4n) is 2.89. The van der Waals surface area contributed by atoms with Crippen molar-refractivity contribution in [3.05, 3.63) is 35.2 Å². The van der Waals surface area contributed by atoms with Crippen LogP contribution in [-0.2, 0) is 6.42 Å². The second-order valence-corrected chi connectivity index (χ2v) is 6.54. The number of aliphatic hydroxyl groups is 1. The minimum atomic E-state index is -0.685. The van der Waals surface area contributed by atoms with Crippen LogP contribution >= 0.6 is 11.3 Å². The maximum Gasteiger partial charge on any atom is 0.323 e. The van der Waals surface area contributed by atoms with Gasteiger partial charge in [0.25, 0.3) is 0 Å². The highest BCUT2D eigenvalue weighted by molar-refractivity contribution is 7.13. The number of hydrogen-bond acceptors (Lipinski definition) is 5. The van der Waals surface area contributed by atoms with Gasteiger partial charge in [-0.05, 0) is 31.4 Å². The second-order valence-electron chi connectivity index (χ2n) is 5.68. The fourth-order valence-corrected chi connectivity index (χ4v) is 3.68. The van der Waals surface area contributed by atoms with E-state index in [0.717, 1.165) is 25.0 Å². The number of nitrogens with zero attached hydrogens (tertiary/aromatic N) is 2. The molecule has 23 heavy (non-hydrogen) atoms. The quantitative estimate of drug-likeness (QED) is 0.877. The van der Waals surface area contributed by atoms with E-state index in [1.54, 1.807) is 23.3 Å². The number of likely N-dealkylation sites (tertiary alicyclic amines) is 1. The summed E-state index contributed by atoms with van der Waals surface area (Å²) < 4.78 is 5.23. The maximum atomic E-state index is 12.5. The number of amides is 2. The Kier molecular flexibility index (Phi) is 4.97. The van der Waals surface area contributed by atoms with Gasteiger partial charge in [0.15, 0.2) is 5.13 Å². The summed E-state index contributed by atoms with van der Waals surface area (Å²) in [7, 11) is 0. The van der Waals surface area contributed by atoms with Crippen molar-refractivity contribution in [3.8, 4) is 0 Å². The largest absolute Gasteiger partial charge is 0.467 e. The molecule has 2 aromatic heterocycles. The molecule has 0 aromatic carbocycles. The lowest BCUT2D eigenvalue weighted by Gasteiger charge is -2.25. The van der Waals surface area contributed by atoms with Gasteiger partial charge in [-0.3, -0.25) is 5.32 Å². The van der Waals surface area contributed by atoms with Crippen LogP contribution in [0.25, 0.3) is 0 Å². The predicted molar refractivity (Wildman–Crippen MR) is 88.5 cm³/mol. The summed E-state index contributed by atoms with van der Waals surface area (Å²) in [5, 5.41) is 15.7. The van der Waals surface area contributed by atoms with Crippen LogP contribution in [0.5, 0.6) is 0 Å². The van der Waals surface area contributed by atoms with Crippen molar-refractivity contribution < 1.29 is 14.3 Å². The standard InChI is InChI=1S/C16H21N3O3S/c1-2-11-10-23-15(17-11)18-16(21)19-7-3-5-12(19)9-13(20)14-6-4-8-22-14/h4,6,8,10,12-13,20H,2-3,5,7,9H2,1H3,(H,17,18,21). The van der Waals surface area contributed by atoms with Crippen molar-refractivity contribution in [1.29, 1.82) is 0 Å². The van der Waals surface area contributed by atoms with E-state index in [1.165, 1.54) is 11.3 Å². The van der Waals surface area contributed by atoms with E-state index in [2.05, 4.69) is 10.3 Å². The van der Waals surface area contributed by atoms with Crippen molar-refractivity contribution >= 4 is 22.5 Å². The lowest BCUT2D eigenvalue weighted by molar-refractivity contribution is 0.110. The van der Waals surface area contributed by atoms with Gasteiger partial charge in [0.05, 0.1) is 12.0 Å². The third-order valence-electron chi connectivity index (χ3n) is 4.13. The molecule has 1 saturated heterocycles. The van der Waals surface area contributed by atoms with E-state index in [-0.39, 0.29) is 12.1 Å². The third kappa shape index (κ3) is 3.73. The van der Waals surface area contributed by atoms with Gasteiger partial charge < -0.3 is 14.4 Å². The molecule has 2 atom stereocenters. The van der Waals surface area contributed by atoms with Crippen LogP contribution in [0.3, 0.4) is 0 Å². The summed E-state index contributed by atoms with van der Waals surface area (Å²) in [4.78, 5) is 18.6. The third-order valence-corrected chi connectivity index (χ3v) is 4.94. The Morgan fingerprint density at radius 3 is 3.22 bits per heavy atom. The summed E-state index contributed by atoms with van der Waals surface area (Å²) in [5.74, 6) is 0.546. The molecule has 1 aliphatic heterocycles. The molecule has 0 radical (unpaired) electrons. The number of carbonyl (C=O) groups excluding carboxylic acids is 1. The number of nitrogens with one attached hydrogen (secondary N) is 1. The van der Waals surface area contributed by atoms with E-state index in [4.69, 9.17) is 4.42 Å². The van der Waals surface area contributed by atoms with E-state index in [0.29, 0.717) is 23.9 Å². The van der Waals surface area contributed by atoms with E-state index in [1.807, 2.05) is 12.3 Å². The van der Waals surface area contributed by atoms with Gasteiger partial charge in [0, 0.05) is 24.4 Å². The van der Waals surface area contributed by atoms with Gasteiger partial charge in [-0.15, -0.1) is 11.3 Å². The first-order valence-corrected chi connectivity index (χ1v) is 8.78. The number of anilines is 1. The number of aliphatic hydroxyl groups excluding tert-OH is 1. The first-order valence-electron chi connectivity index (χ1n) is 7.91. The SMILES string of the molecule is CCc1csc(NC(=O)N2CCCC2CC(O)c2ccco2)n1. The minimum Gasteiger partial charge on any atom is -0.467 e. The Balaban J connectivity index is 1.60. The Labute approximate surface area is 139 Å². The molecule has 2 aromatic rings. The number of furan rings is 1. The molecule has 0 bridgehead atoms. The lowest BCUT2D eigenvalue weighted by Crippen LogP contribution is -2.39. The van der Waals surface area contributed by atoms with E-state index in [9.17, 15) is 9.90 Å². The first-order chi connectivity index (χ1) is 11.2. The zero-order valence-electron chi connectivity index (χ0n) is 13.1. The van der Waals surface area contributed by atoms with Crippen LogP contribution < -0.4 is 5.32 Å². The van der Waals surface area contributed by atoms with Crippen LogP contribution in [0.4, 0.5) is 9.93 Å². The molecule has 0 spiro atoms. The fraction of sp³-hybridized carbons (Fsp3) is 0.500. The molecule has 1 aliphatic rings. The summed E-state index contributed by atoms with van der Waals surface area (Å²) >= 11 is 1.44. The number of urea groups is 1. The van der Waals surface area contributed by atoms with Crippen LogP contribution in [0.15, 0.2) is 28.2 Å². The van der Waals surface area contributed by atoms with Gasteiger partial charge in [0.1, 0.15) is 11.9 Å². The van der Waals surface area contributed by atoms with Crippen molar-refractivity contribution in [2.75, 3.05) is 11.9 Å². The Morgan fingerprint density at radius 1 is 1.65 bits per heavy atom. The Morgan fingerprint density at radius 2 is 2.52 bits per heavy atom. The Bertz CT molecular complexity index is 641. The normalized spacial score (nSPS) is 19.0. The average Bonchev–Trinajstić information content (AvgIpc) is 3.28. The molecule has 2 amide bonds. The van der Waals surface area contributed by atoms with Crippen molar-refractivity contribution in [2.24, 2.45) is 0 Å². The molecule has 1 fully saturated rings. The summed E-state index contributed by atoms with van der Waals surface area (Å²) in [6.45, 7) is 2.74.